The van der Waals surface area contributed by atoms with Crippen molar-refractivity contribution < 1.29 is 9.59 Å². The van der Waals surface area contributed by atoms with Crippen LogP contribution in [0, 0.1) is 5.92 Å². The van der Waals surface area contributed by atoms with E-state index < -0.39 is 0 Å². The minimum Gasteiger partial charge on any atom is -0.356 e. The molecule has 1 aliphatic rings. The van der Waals surface area contributed by atoms with Crippen molar-refractivity contribution in [1.82, 2.24) is 9.88 Å². The molecule has 0 bridgehead atoms. The number of carbonyl (C=O) groups is 2. The van der Waals surface area contributed by atoms with Crippen LogP contribution in [0.1, 0.15) is 12.8 Å². The highest BCUT2D eigenvalue weighted by atomic mass is 16.2. The van der Waals surface area contributed by atoms with Gasteiger partial charge in [-0.2, -0.15) is 0 Å². The van der Waals surface area contributed by atoms with Gasteiger partial charge < -0.3 is 14.8 Å². The Bertz CT molecular complexity index is 652. The normalized spacial score (nSPS) is 17.5. The maximum absolute atomic E-state index is 12.2. The van der Waals surface area contributed by atoms with Crippen molar-refractivity contribution in [2.75, 3.05) is 18.0 Å². The molecular weight excluding hydrogens is 290 g/mol. The summed E-state index contributed by atoms with van der Waals surface area (Å²) in [7, 11) is 0. The van der Waals surface area contributed by atoms with Gasteiger partial charge in [-0.15, -0.1) is 0 Å². The van der Waals surface area contributed by atoms with Gasteiger partial charge in [0.2, 0.25) is 11.8 Å². The Kier molecular flexibility index (Phi) is 4.76. The van der Waals surface area contributed by atoms with Gasteiger partial charge in [-0.3, -0.25) is 9.59 Å². The van der Waals surface area contributed by atoms with Gasteiger partial charge in [-0.25, -0.2) is 0 Å². The zero-order chi connectivity index (χ0) is 16.1. The molecule has 0 saturated carbocycles. The molecule has 120 valence electrons. The van der Waals surface area contributed by atoms with Gasteiger partial charge >= 0.3 is 0 Å². The highest BCUT2D eigenvalue weighted by Crippen LogP contribution is 2.24. The Morgan fingerprint density at radius 2 is 1.87 bits per heavy atom. The van der Waals surface area contributed by atoms with Crippen LogP contribution in [-0.4, -0.2) is 29.5 Å². The molecule has 2 aromatic rings. The summed E-state index contributed by atoms with van der Waals surface area (Å²) in [6.45, 7) is 1.98. The lowest BCUT2D eigenvalue weighted by Gasteiger charge is -2.16. The quantitative estimate of drug-likeness (QED) is 0.830. The van der Waals surface area contributed by atoms with E-state index >= 15 is 0 Å². The van der Waals surface area contributed by atoms with Crippen molar-refractivity contribution in [2.45, 2.75) is 19.4 Å². The summed E-state index contributed by atoms with van der Waals surface area (Å²) < 4.78 is 2.09. The van der Waals surface area contributed by atoms with Gasteiger partial charge in [-0.05, 0) is 30.7 Å². The molecule has 1 N–H and O–H groups in total. The van der Waals surface area contributed by atoms with Gasteiger partial charge in [0, 0.05) is 44.1 Å². The average molecular weight is 311 g/mol. The van der Waals surface area contributed by atoms with E-state index in [2.05, 4.69) is 9.88 Å². The largest absolute Gasteiger partial charge is 0.356 e. The van der Waals surface area contributed by atoms with Gasteiger partial charge in [0.25, 0.3) is 0 Å². The monoisotopic (exact) mass is 311 g/mol. The van der Waals surface area contributed by atoms with Crippen LogP contribution >= 0.6 is 0 Å². The Balaban J connectivity index is 1.46. The molecule has 1 saturated heterocycles. The molecule has 0 aliphatic carbocycles. The highest BCUT2D eigenvalue weighted by molar-refractivity contribution is 6.00. The topological polar surface area (TPSA) is 54.3 Å². The first-order valence-corrected chi connectivity index (χ1v) is 7.98. The number of para-hydroxylation sites is 1. The van der Waals surface area contributed by atoms with Crippen LogP contribution in [0.3, 0.4) is 0 Å². The van der Waals surface area contributed by atoms with Crippen LogP contribution in [0.25, 0.3) is 0 Å². The van der Waals surface area contributed by atoms with Crippen molar-refractivity contribution >= 4 is 17.5 Å². The van der Waals surface area contributed by atoms with Crippen LogP contribution in [0.4, 0.5) is 5.69 Å². The summed E-state index contributed by atoms with van der Waals surface area (Å²) in [5.41, 5.74) is 0.861. The summed E-state index contributed by atoms with van der Waals surface area (Å²) in [5.74, 6) is -0.262. The Labute approximate surface area is 135 Å². The maximum Gasteiger partial charge on any atom is 0.227 e. The number of benzene rings is 1. The Morgan fingerprint density at radius 3 is 2.61 bits per heavy atom. The molecule has 5 nitrogen and oxygen atoms in total. The van der Waals surface area contributed by atoms with Crippen molar-refractivity contribution in [3.05, 3.63) is 54.9 Å². The number of carbonyl (C=O) groups excluding carboxylic acids is 2. The van der Waals surface area contributed by atoms with Crippen LogP contribution in [0.5, 0.6) is 0 Å². The predicted molar refractivity (Wildman–Crippen MR) is 89.0 cm³/mol. The molecule has 2 heterocycles. The third kappa shape index (κ3) is 3.80. The predicted octanol–water partition coefficient (Wildman–Crippen LogP) is 2.05. The summed E-state index contributed by atoms with van der Waals surface area (Å²) in [6.07, 6.45) is 5.19. The van der Waals surface area contributed by atoms with E-state index in [9.17, 15) is 9.59 Å². The molecule has 1 unspecified atom stereocenters. The summed E-state index contributed by atoms with van der Waals surface area (Å²) in [6, 6.07) is 13.5. The maximum atomic E-state index is 12.2. The number of amides is 2. The second-order valence-electron chi connectivity index (χ2n) is 5.81. The van der Waals surface area contributed by atoms with E-state index in [0.717, 1.165) is 18.7 Å². The molecule has 1 aromatic heterocycles. The molecule has 1 atom stereocenters. The lowest BCUT2D eigenvalue weighted by Crippen LogP contribution is -2.33. The van der Waals surface area contributed by atoms with Gasteiger partial charge in [-0.1, -0.05) is 18.2 Å². The number of rotatable bonds is 6. The number of hydrogen-bond acceptors (Lipinski definition) is 2. The van der Waals surface area contributed by atoms with E-state index in [1.165, 1.54) is 0 Å². The molecule has 1 fully saturated rings. The minimum atomic E-state index is -0.255. The zero-order valence-corrected chi connectivity index (χ0v) is 13.0. The van der Waals surface area contributed by atoms with Crippen LogP contribution in [0.2, 0.25) is 0 Å². The molecule has 23 heavy (non-hydrogen) atoms. The summed E-state index contributed by atoms with van der Waals surface area (Å²) in [5, 5.41) is 2.95. The van der Waals surface area contributed by atoms with E-state index in [1.807, 2.05) is 54.9 Å². The van der Waals surface area contributed by atoms with Crippen LogP contribution in [0.15, 0.2) is 54.9 Å². The van der Waals surface area contributed by atoms with E-state index in [0.29, 0.717) is 19.5 Å². The highest BCUT2D eigenvalue weighted by Gasteiger charge is 2.34. The van der Waals surface area contributed by atoms with Gasteiger partial charge in [0.1, 0.15) is 0 Å². The minimum absolute atomic E-state index is 0.0173. The number of aryl methyl sites for hydroxylation is 1. The third-order valence-electron chi connectivity index (χ3n) is 4.12. The van der Waals surface area contributed by atoms with E-state index in [-0.39, 0.29) is 17.7 Å². The standard InChI is InChI=1S/C18H21N3O2/c22-17-13-15(14-21(17)16-7-2-1-3-8-16)18(23)19-9-6-12-20-10-4-5-11-20/h1-5,7-8,10-11,15H,6,9,12-14H2,(H,19,23). The number of anilines is 1. The smallest absolute Gasteiger partial charge is 0.227 e. The molecule has 0 spiro atoms. The van der Waals surface area contributed by atoms with Crippen molar-refractivity contribution in [3.8, 4) is 0 Å². The number of hydrogen-bond donors (Lipinski definition) is 1. The molecule has 3 rings (SSSR count). The first kappa shape index (κ1) is 15.3. The first-order chi connectivity index (χ1) is 11.2. The fourth-order valence-electron chi connectivity index (χ4n) is 2.88. The molecular formula is C18H21N3O2. The van der Waals surface area contributed by atoms with E-state index in [4.69, 9.17) is 0 Å². The lowest BCUT2D eigenvalue weighted by atomic mass is 10.1. The number of aromatic nitrogens is 1. The number of nitrogens with one attached hydrogen (secondary N) is 1. The molecule has 1 aliphatic heterocycles. The fourth-order valence-corrected chi connectivity index (χ4v) is 2.88. The van der Waals surface area contributed by atoms with Crippen molar-refractivity contribution in [3.63, 3.8) is 0 Å². The molecule has 5 heteroatoms. The second-order valence-corrected chi connectivity index (χ2v) is 5.81. The van der Waals surface area contributed by atoms with Gasteiger partial charge in [0.15, 0.2) is 0 Å². The van der Waals surface area contributed by atoms with Gasteiger partial charge in [0.05, 0.1) is 5.92 Å². The first-order valence-electron chi connectivity index (χ1n) is 7.98. The Morgan fingerprint density at radius 1 is 1.13 bits per heavy atom. The van der Waals surface area contributed by atoms with Crippen LogP contribution in [-0.2, 0) is 16.1 Å². The van der Waals surface area contributed by atoms with E-state index in [1.54, 1.807) is 4.90 Å². The third-order valence-corrected chi connectivity index (χ3v) is 4.12. The average Bonchev–Trinajstić information content (AvgIpc) is 3.22. The van der Waals surface area contributed by atoms with Crippen LogP contribution < -0.4 is 10.2 Å². The second kappa shape index (κ2) is 7.13. The SMILES string of the molecule is O=C(NCCCn1cccc1)C1CC(=O)N(c2ccccc2)C1. The fraction of sp³-hybridized carbons (Fsp3) is 0.333. The Hall–Kier alpha value is -2.56. The van der Waals surface area contributed by atoms with Crippen molar-refractivity contribution in [2.24, 2.45) is 5.92 Å². The van der Waals surface area contributed by atoms with Crippen molar-refractivity contribution in [1.29, 1.82) is 0 Å². The zero-order valence-electron chi connectivity index (χ0n) is 13.0. The molecule has 0 radical (unpaired) electrons. The summed E-state index contributed by atoms with van der Waals surface area (Å²) >= 11 is 0. The lowest BCUT2D eigenvalue weighted by molar-refractivity contribution is -0.126. The number of nitrogens with zero attached hydrogens (tertiary/aromatic N) is 2. The molecule has 2 amide bonds. The summed E-state index contributed by atoms with van der Waals surface area (Å²) in [4.78, 5) is 26.0. The molecule has 1 aromatic carbocycles.